The maximum absolute atomic E-state index is 13.7. The van der Waals surface area contributed by atoms with Crippen molar-refractivity contribution in [1.82, 2.24) is 0 Å². The Morgan fingerprint density at radius 1 is 1.00 bits per heavy atom. The Morgan fingerprint density at radius 2 is 1.75 bits per heavy atom. The lowest BCUT2D eigenvalue weighted by molar-refractivity contribution is -0.121. The Labute approximate surface area is 190 Å². The average molecular weight is 434 g/mol. The van der Waals surface area contributed by atoms with Crippen LogP contribution < -0.4 is 14.4 Å². The number of amides is 1. The molecule has 0 N–H and O–H groups in total. The molecule has 1 aliphatic heterocycles. The second-order valence-electron chi connectivity index (χ2n) is 9.66. The molecule has 1 amide bonds. The van der Waals surface area contributed by atoms with Crippen LogP contribution in [0.4, 0.5) is 5.69 Å². The molecule has 0 saturated heterocycles. The Hall–Kier alpha value is -3.08. The zero-order valence-corrected chi connectivity index (χ0v) is 19.7. The summed E-state index contributed by atoms with van der Waals surface area (Å²) in [5.41, 5.74) is 5.19. The number of rotatable bonds is 4. The monoisotopic (exact) mass is 433 g/mol. The van der Waals surface area contributed by atoms with Gasteiger partial charge in [0.2, 0.25) is 5.91 Å². The number of carbonyl (C=O) groups is 2. The summed E-state index contributed by atoms with van der Waals surface area (Å²) in [7, 11) is 3.18. The highest BCUT2D eigenvalue weighted by atomic mass is 16.5. The molecule has 0 spiro atoms. The molecule has 1 unspecified atom stereocenters. The van der Waals surface area contributed by atoms with Gasteiger partial charge < -0.3 is 9.47 Å². The number of hydrogen-bond acceptors (Lipinski definition) is 4. The molecular formula is C27H31NO4. The Morgan fingerprint density at radius 3 is 2.41 bits per heavy atom. The number of benzene rings is 2. The van der Waals surface area contributed by atoms with E-state index in [0.29, 0.717) is 24.3 Å². The molecule has 1 aliphatic carbocycles. The summed E-state index contributed by atoms with van der Waals surface area (Å²) in [4.78, 5) is 29.0. The second-order valence-corrected chi connectivity index (χ2v) is 9.66. The van der Waals surface area contributed by atoms with E-state index in [4.69, 9.17) is 9.47 Å². The first kappa shape index (κ1) is 22.1. The number of allylic oxidation sites excluding steroid dienone is 2. The van der Waals surface area contributed by atoms with E-state index in [9.17, 15) is 9.59 Å². The Bertz CT molecular complexity index is 1130. The average Bonchev–Trinajstić information content (AvgIpc) is 2.72. The molecule has 4 rings (SSSR count). The van der Waals surface area contributed by atoms with Crippen molar-refractivity contribution in [1.29, 1.82) is 0 Å². The summed E-state index contributed by atoms with van der Waals surface area (Å²) in [5.74, 6) is 0.926. The molecule has 5 nitrogen and oxygen atoms in total. The van der Waals surface area contributed by atoms with Crippen LogP contribution in [0.5, 0.6) is 11.5 Å². The summed E-state index contributed by atoms with van der Waals surface area (Å²) >= 11 is 0. The van der Waals surface area contributed by atoms with Crippen LogP contribution in [0.15, 0.2) is 47.7 Å². The quantitative estimate of drug-likeness (QED) is 0.640. The second kappa shape index (κ2) is 8.12. The van der Waals surface area contributed by atoms with Gasteiger partial charge in [-0.1, -0.05) is 43.7 Å². The number of carbonyl (C=O) groups excluding carboxylic acids is 2. The molecule has 1 atom stereocenters. The zero-order chi connectivity index (χ0) is 23.2. The third-order valence-corrected chi connectivity index (χ3v) is 6.54. The summed E-state index contributed by atoms with van der Waals surface area (Å²) in [6.07, 6.45) is 1.33. The molecule has 0 fully saturated rings. The van der Waals surface area contributed by atoms with E-state index in [1.165, 1.54) is 0 Å². The van der Waals surface area contributed by atoms with E-state index in [1.54, 1.807) is 19.1 Å². The molecule has 5 heteroatoms. The highest BCUT2D eigenvalue weighted by molar-refractivity contribution is 6.08. The van der Waals surface area contributed by atoms with E-state index in [1.807, 2.05) is 44.2 Å². The Balaban J connectivity index is 1.95. The van der Waals surface area contributed by atoms with Crippen LogP contribution in [-0.2, 0) is 9.59 Å². The lowest BCUT2D eigenvalue weighted by Crippen LogP contribution is -2.44. The first-order valence-corrected chi connectivity index (χ1v) is 11.0. The van der Waals surface area contributed by atoms with Gasteiger partial charge in [-0.25, -0.2) is 0 Å². The van der Waals surface area contributed by atoms with Crippen molar-refractivity contribution in [2.75, 3.05) is 19.1 Å². The summed E-state index contributed by atoms with van der Waals surface area (Å²) < 4.78 is 11.2. The molecule has 0 saturated carbocycles. The van der Waals surface area contributed by atoms with Gasteiger partial charge in [0.1, 0.15) is 0 Å². The molecule has 2 aromatic carbocycles. The Kier molecular flexibility index (Phi) is 5.61. The van der Waals surface area contributed by atoms with Gasteiger partial charge in [0.05, 0.1) is 19.9 Å². The number of anilines is 1. The molecule has 1 heterocycles. The summed E-state index contributed by atoms with van der Waals surface area (Å²) in [6.45, 7) is 8.24. The van der Waals surface area contributed by atoms with Crippen molar-refractivity contribution < 1.29 is 19.1 Å². The fourth-order valence-electron chi connectivity index (χ4n) is 5.20. The normalized spacial score (nSPS) is 20.3. The standard InChI is InChI=1S/C27H31NO4/c1-16-10-11-20(17(2)12-16)28-21-14-27(3,4)15-22(29)25(21)19(13-24(28)30)18-8-7-9-23(31-5)26(18)32-6/h7-12,19H,13-15H2,1-6H3. The lowest BCUT2D eigenvalue weighted by Gasteiger charge is -2.43. The first-order chi connectivity index (χ1) is 15.2. The summed E-state index contributed by atoms with van der Waals surface area (Å²) in [5, 5.41) is 0. The van der Waals surface area contributed by atoms with Gasteiger partial charge in [-0.2, -0.15) is 0 Å². The smallest absolute Gasteiger partial charge is 0.232 e. The zero-order valence-electron chi connectivity index (χ0n) is 19.7. The molecule has 2 aromatic rings. The van der Waals surface area contributed by atoms with Crippen molar-refractivity contribution in [2.24, 2.45) is 5.41 Å². The number of methoxy groups -OCH3 is 2. The number of ketones is 1. The number of nitrogens with zero attached hydrogens (tertiary/aromatic N) is 1. The van der Waals surface area contributed by atoms with Crippen LogP contribution in [0.3, 0.4) is 0 Å². The van der Waals surface area contributed by atoms with Crippen molar-refractivity contribution in [3.8, 4) is 11.5 Å². The highest BCUT2D eigenvalue weighted by Gasteiger charge is 2.45. The molecule has 0 radical (unpaired) electrons. The summed E-state index contributed by atoms with van der Waals surface area (Å²) in [6, 6.07) is 11.7. The van der Waals surface area contributed by atoms with Gasteiger partial charge in [-0.15, -0.1) is 0 Å². The van der Waals surface area contributed by atoms with E-state index >= 15 is 0 Å². The maximum atomic E-state index is 13.7. The SMILES string of the molecule is COc1cccc(C2CC(=O)N(c3ccc(C)cc3C)C3=C2C(=O)CC(C)(C)C3)c1OC. The predicted molar refractivity (Wildman–Crippen MR) is 125 cm³/mol. The van der Waals surface area contributed by atoms with E-state index in [0.717, 1.165) is 33.6 Å². The van der Waals surface area contributed by atoms with Gasteiger partial charge in [-0.3, -0.25) is 14.5 Å². The number of aryl methyl sites for hydroxylation is 2. The number of hydrogen-bond donors (Lipinski definition) is 0. The molecule has 168 valence electrons. The first-order valence-electron chi connectivity index (χ1n) is 11.0. The van der Waals surface area contributed by atoms with Gasteiger partial charge in [-0.05, 0) is 43.4 Å². The predicted octanol–water partition coefficient (Wildman–Crippen LogP) is 5.48. The van der Waals surface area contributed by atoms with E-state index < -0.39 is 0 Å². The highest BCUT2D eigenvalue weighted by Crippen LogP contribution is 2.50. The molecule has 32 heavy (non-hydrogen) atoms. The van der Waals surface area contributed by atoms with Crippen LogP contribution in [-0.4, -0.2) is 25.9 Å². The molecule has 2 aliphatic rings. The van der Waals surface area contributed by atoms with Crippen LogP contribution in [0.2, 0.25) is 0 Å². The van der Waals surface area contributed by atoms with Crippen LogP contribution in [0, 0.1) is 19.3 Å². The fourth-order valence-corrected chi connectivity index (χ4v) is 5.20. The third-order valence-electron chi connectivity index (χ3n) is 6.54. The fraction of sp³-hybridized carbons (Fsp3) is 0.407. The van der Waals surface area contributed by atoms with E-state index in [-0.39, 0.29) is 29.4 Å². The third kappa shape index (κ3) is 3.70. The topological polar surface area (TPSA) is 55.8 Å². The maximum Gasteiger partial charge on any atom is 0.232 e. The van der Waals surface area contributed by atoms with E-state index in [2.05, 4.69) is 19.9 Å². The van der Waals surface area contributed by atoms with Gasteiger partial charge in [0.25, 0.3) is 0 Å². The molecular weight excluding hydrogens is 402 g/mol. The largest absolute Gasteiger partial charge is 0.493 e. The molecule has 0 aromatic heterocycles. The minimum Gasteiger partial charge on any atom is -0.493 e. The van der Waals surface area contributed by atoms with Crippen molar-refractivity contribution in [3.05, 3.63) is 64.4 Å². The lowest BCUT2D eigenvalue weighted by atomic mass is 9.69. The van der Waals surface area contributed by atoms with Crippen molar-refractivity contribution >= 4 is 17.4 Å². The number of Topliss-reactive ketones (excluding diaryl/α,β-unsaturated/α-hetero) is 1. The minimum atomic E-state index is -0.354. The van der Waals surface area contributed by atoms with Gasteiger partial charge in [0.15, 0.2) is 17.3 Å². The van der Waals surface area contributed by atoms with Crippen LogP contribution >= 0.6 is 0 Å². The minimum absolute atomic E-state index is 0.00363. The van der Waals surface area contributed by atoms with Gasteiger partial charge in [0, 0.05) is 35.6 Å². The van der Waals surface area contributed by atoms with Crippen molar-refractivity contribution in [2.45, 2.75) is 52.9 Å². The number of ether oxygens (including phenoxy) is 2. The number of para-hydroxylation sites is 1. The van der Waals surface area contributed by atoms with Crippen LogP contribution in [0.1, 0.15) is 55.7 Å². The van der Waals surface area contributed by atoms with Gasteiger partial charge >= 0.3 is 0 Å². The molecule has 0 bridgehead atoms. The van der Waals surface area contributed by atoms with Crippen LogP contribution in [0.25, 0.3) is 0 Å². The van der Waals surface area contributed by atoms with Crippen molar-refractivity contribution in [3.63, 3.8) is 0 Å².